The molecule has 0 atom stereocenters. The Hall–Kier alpha value is -2.44. The zero-order valence-corrected chi connectivity index (χ0v) is 14.3. The molecule has 2 aliphatic heterocycles. The Morgan fingerprint density at radius 3 is 2.52 bits per heavy atom. The third-order valence-electron chi connectivity index (χ3n) is 4.87. The summed E-state index contributed by atoms with van der Waals surface area (Å²) in [4.78, 5) is 39.6. The number of carbonyl (C=O) groups is 3. The molecule has 2 heterocycles. The van der Waals surface area contributed by atoms with Crippen LogP contribution in [0, 0.1) is 12.7 Å². The number of likely N-dealkylation sites (tertiary alicyclic amines) is 2. The van der Waals surface area contributed by atoms with Crippen LogP contribution in [0.5, 0.6) is 0 Å². The highest BCUT2D eigenvalue weighted by molar-refractivity contribution is 6.39. The van der Waals surface area contributed by atoms with Crippen molar-refractivity contribution >= 4 is 23.4 Å². The number of amides is 3. The van der Waals surface area contributed by atoms with Gasteiger partial charge in [0.2, 0.25) is 5.91 Å². The molecular formula is C18H22FN3O3. The Bertz CT molecular complexity index is 699. The van der Waals surface area contributed by atoms with E-state index in [9.17, 15) is 18.8 Å². The van der Waals surface area contributed by atoms with Gasteiger partial charge in [0, 0.05) is 32.1 Å². The fourth-order valence-electron chi connectivity index (χ4n) is 3.48. The quantitative estimate of drug-likeness (QED) is 0.828. The molecule has 0 spiro atoms. The zero-order chi connectivity index (χ0) is 18.0. The summed E-state index contributed by atoms with van der Waals surface area (Å²) in [6.45, 7) is 3.38. The van der Waals surface area contributed by atoms with E-state index in [1.807, 2.05) is 4.90 Å². The predicted molar refractivity (Wildman–Crippen MR) is 90.3 cm³/mol. The van der Waals surface area contributed by atoms with Crippen LogP contribution in [0.2, 0.25) is 0 Å². The van der Waals surface area contributed by atoms with Gasteiger partial charge in [-0.25, -0.2) is 4.39 Å². The first kappa shape index (κ1) is 17.4. The van der Waals surface area contributed by atoms with Crippen LogP contribution in [-0.2, 0) is 14.4 Å². The van der Waals surface area contributed by atoms with Crippen LogP contribution >= 0.6 is 0 Å². The molecule has 2 saturated heterocycles. The van der Waals surface area contributed by atoms with Gasteiger partial charge in [-0.2, -0.15) is 0 Å². The fraction of sp³-hybridized carbons (Fsp3) is 0.500. The molecule has 1 aromatic carbocycles. The number of benzene rings is 1. The van der Waals surface area contributed by atoms with Crippen molar-refractivity contribution < 1.29 is 18.8 Å². The second kappa shape index (κ2) is 7.21. The summed E-state index contributed by atoms with van der Waals surface area (Å²) >= 11 is 0. The second-order valence-corrected chi connectivity index (χ2v) is 6.65. The Balaban J connectivity index is 1.55. The number of piperidine rings is 1. The molecule has 6 nitrogen and oxygen atoms in total. The van der Waals surface area contributed by atoms with Crippen molar-refractivity contribution in [3.8, 4) is 0 Å². The van der Waals surface area contributed by atoms with Crippen LogP contribution in [0.15, 0.2) is 18.2 Å². The van der Waals surface area contributed by atoms with Gasteiger partial charge in [-0.1, -0.05) is 6.07 Å². The number of anilines is 1. The van der Waals surface area contributed by atoms with Gasteiger partial charge in [0.25, 0.3) is 0 Å². The monoisotopic (exact) mass is 347 g/mol. The smallest absolute Gasteiger partial charge is 0.313 e. The lowest BCUT2D eigenvalue weighted by molar-refractivity contribution is -0.144. The molecule has 3 rings (SSSR count). The first-order chi connectivity index (χ1) is 12.0. The van der Waals surface area contributed by atoms with Gasteiger partial charge < -0.3 is 15.1 Å². The maximum Gasteiger partial charge on any atom is 0.313 e. The van der Waals surface area contributed by atoms with E-state index in [4.69, 9.17) is 0 Å². The largest absolute Gasteiger partial charge is 0.340 e. The molecule has 0 bridgehead atoms. The van der Waals surface area contributed by atoms with Crippen LogP contribution in [0.4, 0.5) is 10.1 Å². The summed E-state index contributed by atoms with van der Waals surface area (Å²) in [5, 5.41) is 2.34. The van der Waals surface area contributed by atoms with Crippen molar-refractivity contribution in [1.29, 1.82) is 0 Å². The van der Waals surface area contributed by atoms with E-state index in [2.05, 4.69) is 5.32 Å². The lowest BCUT2D eigenvalue weighted by Crippen LogP contribution is -2.49. The molecule has 0 aromatic heterocycles. The molecule has 0 saturated carbocycles. The van der Waals surface area contributed by atoms with Crippen molar-refractivity contribution in [3.05, 3.63) is 29.6 Å². The average molecular weight is 347 g/mol. The predicted octanol–water partition coefficient (Wildman–Crippen LogP) is 1.69. The van der Waals surface area contributed by atoms with Crippen molar-refractivity contribution in [2.75, 3.05) is 25.0 Å². The first-order valence-electron chi connectivity index (χ1n) is 8.61. The zero-order valence-electron chi connectivity index (χ0n) is 14.3. The number of hydrogen-bond acceptors (Lipinski definition) is 3. The summed E-state index contributed by atoms with van der Waals surface area (Å²) in [6.07, 6.45) is 2.83. The standard InChI is InChI=1S/C18H22FN3O3/c1-12-4-5-15(14(19)11-12)20-17(24)18(25)21-9-6-13(7-10-21)22-8-2-3-16(22)23/h4-5,11,13H,2-3,6-10H2,1H3,(H,20,24). The van der Waals surface area contributed by atoms with E-state index in [1.165, 1.54) is 17.0 Å². The molecule has 3 amide bonds. The lowest BCUT2D eigenvalue weighted by Gasteiger charge is -2.36. The molecule has 1 N–H and O–H groups in total. The van der Waals surface area contributed by atoms with Gasteiger partial charge in [-0.15, -0.1) is 0 Å². The summed E-state index contributed by atoms with van der Waals surface area (Å²) in [5.74, 6) is -1.88. The van der Waals surface area contributed by atoms with Gasteiger partial charge in [-0.3, -0.25) is 14.4 Å². The number of nitrogens with one attached hydrogen (secondary N) is 1. The van der Waals surface area contributed by atoms with Crippen LogP contribution in [0.25, 0.3) is 0 Å². The third kappa shape index (κ3) is 3.81. The van der Waals surface area contributed by atoms with E-state index in [1.54, 1.807) is 13.0 Å². The minimum absolute atomic E-state index is 0.00139. The number of aryl methyl sites for hydroxylation is 1. The van der Waals surface area contributed by atoms with Gasteiger partial charge in [0.1, 0.15) is 5.82 Å². The Morgan fingerprint density at radius 1 is 1.20 bits per heavy atom. The second-order valence-electron chi connectivity index (χ2n) is 6.65. The summed E-state index contributed by atoms with van der Waals surface area (Å²) in [5.41, 5.74) is 0.738. The van der Waals surface area contributed by atoms with Crippen LogP contribution in [-0.4, -0.2) is 53.2 Å². The number of halogens is 1. The van der Waals surface area contributed by atoms with E-state index >= 15 is 0 Å². The van der Waals surface area contributed by atoms with Crippen LogP contribution < -0.4 is 5.32 Å². The van der Waals surface area contributed by atoms with Crippen LogP contribution in [0.3, 0.4) is 0 Å². The van der Waals surface area contributed by atoms with Gasteiger partial charge >= 0.3 is 11.8 Å². The van der Waals surface area contributed by atoms with Crippen molar-refractivity contribution in [2.45, 2.75) is 38.6 Å². The SMILES string of the molecule is Cc1ccc(NC(=O)C(=O)N2CCC(N3CCCC3=O)CC2)c(F)c1. The van der Waals surface area contributed by atoms with Crippen molar-refractivity contribution in [3.63, 3.8) is 0 Å². The highest BCUT2D eigenvalue weighted by Gasteiger charge is 2.33. The summed E-state index contributed by atoms with van der Waals surface area (Å²) < 4.78 is 13.8. The number of hydrogen-bond donors (Lipinski definition) is 1. The maximum absolute atomic E-state index is 13.8. The lowest BCUT2D eigenvalue weighted by atomic mass is 10.0. The Morgan fingerprint density at radius 2 is 1.92 bits per heavy atom. The fourth-order valence-corrected chi connectivity index (χ4v) is 3.48. The normalized spacial score (nSPS) is 18.6. The topological polar surface area (TPSA) is 69.7 Å². The molecule has 134 valence electrons. The van der Waals surface area contributed by atoms with E-state index in [-0.39, 0.29) is 17.6 Å². The number of carbonyl (C=O) groups excluding carboxylic acids is 3. The van der Waals surface area contributed by atoms with E-state index < -0.39 is 17.6 Å². The molecule has 0 radical (unpaired) electrons. The highest BCUT2D eigenvalue weighted by Crippen LogP contribution is 2.22. The molecule has 2 fully saturated rings. The van der Waals surface area contributed by atoms with Crippen molar-refractivity contribution in [2.24, 2.45) is 0 Å². The minimum atomic E-state index is -0.835. The average Bonchev–Trinajstić information content (AvgIpc) is 3.03. The molecular weight excluding hydrogens is 325 g/mol. The molecule has 1 aromatic rings. The molecule has 0 unspecified atom stereocenters. The van der Waals surface area contributed by atoms with Gasteiger partial charge in [-0.05, 0) is 43.9 Å². The molecule has 7 heteroatoms. The van der Waals surface area contributed by atoms with Crippen LogP contribution in [0.1, 0.15) is 31.2 Å². The van der Waals surface area contributed by atoms with E-state index in [0.29, 0.717) is 32.4 Å². The molecule has 25 heavy (non-hydrogen) atoms. The Kier molecular flexibility index (Phi) is 5.01. The first-order valence-corrected chi connectivity index (χ1v) is 8.61. The summed E-state index contributed by atoms with van der Waals surface area (Å²) in [6, 6.07) is 4.57. The maximum atomic E-state index is 13.8. The minimum Gasteiger partial charge on any atom is -0.340 e. The molecule has 0 aliphatic carbocycles. The van der Waals surface area contributed by atoms with Gasteiger partial charge in [0.05, 0.1) is 5.69 Å². The van der Waals surface area contributed by atoms with Gasteiger partial charge in [0.15, 0.2) is 0 Å². The van der Waals surface area contributed by atoms with E-state index in [0.717, 1.165) is 18.5 Å². The third-order valence-corrected chi connectivity index (χ3v) is 4.87. The summed E-state index contributed by atoms with van der Waals surface area (Å²) in [7, 11) is 0. The number of rotatable bonds is 2. The van der Waals surface area contributed by atoms with Crippen molar-refractivity contribution in [1.82, 2.24) is 9.80 Å². The number of nitrogens with zero attached hydrogens (tertiary/aromatic N) is 2. The highest BCUT2D eigenvalue weighted by atomic mass is 19.1. The Labute approximate surface area is 146 Å². The molecule has 2 aliphatic rings.